The highest BCUT2D eigenvalue weighted by Gasteiger charge is 2.09. The van der Waals surface area contributed by atoms with E-state index in [0.717, 1.165) is 0 Å². The van der Waals surface area contributed by atoms with Gasteiger partial charge in [0, 0.05) is 18.6 Å². The fourth-order valence-corrected chi connectivity index (χ4v) is 0.647. The van der Waals surface area contributed by atoms with Crippen molar-refractivity contribution in [2.45, 2.75) is 5.50 Å². The minimum absolute atomic E-state index is 0.417. The Balaban J connectivity index is 2.68. The van der Waals surface area contributed by atoms with Gasteiger partial charge in [0.15, 0.2) is 11.7 Å². The summed E-state index contributed by atoms with van der Waals surface area (Å²) in [6, 6.07) is 0. The number of halogens is 1. The maximum Gasteiger partial charge on any atom is 0.185 e. The van der Waals surface area contributed by atoms with Crippen molar-refractivity contribution in [3.8, 4) is 6.19 Å². The molecule has 0 fully saturated rings. The van der Waals surface area contributed by atoms with Crippen LogP contribution in [0.1, 0.15) is 0 Å². The van der Waals surface area contributed by atoms with E-state index in [-0.39, 0.29) is 0 Å². The first-order valence-corrected chi connectivity index (χ1v) is 2.80. The molecule has 46 valence electrons. The highest BCUT2D eigenvalue weighted by Crippen LogP contribution is 2.05. The summed E-state index contributed by atoms with van der Waals surface area (Å²) in [4.78, 5) is 5.03. The summed E-state index contributed by atoms with van der Waals surface area (Å²) in [7, 11) is 0. The fourth-order valence-electron chi connectivity index (χ4n) is 0.474. The van der Waals surface area contributed by atoms with Crippen LogP contribution in [0, 0.1) is 11.5 Å². The van der Waals surface area contributed by atoms with Crippen molar-refractivity contribution in [2.24, 2.45) is 4.99 Å². The van der Waals surface area contributed by atoms with Gasteiger partial charge in [-0.3, -0.25) is 9.89 Å². The van der Waals surface area contributed by atoms with Gasteiger partial charge in [0.1, 0.15) is 0 Å². The van der Waals surface area contributed by atoms with Crippen molar-refractivity contribution in [1.29, 1.82) is 5.26 Å². The van der Waals surface area contributed by atoms with Gasteiger partial charge in [-0.05, 0) is 0 Å². The molecule has 0 radical (unpaired) electrons. The lowest BCUT2D eigenvalue weighted by Gasteiger charge is -2.14. The third-order valence-electron chi connectivity index (χ3n) is 0.904. The molecule has 4 heteroatoms. The molecule has 0 saturated carbocycles. The number of nitrogens with zero attached hydrogens (tertiary/aromatic N) is 3. The predicted octanol–water partition coefficient (Wildman–Crippen LogP) is 0.890. The number of alkyl halides is 1. The smallest absolute Gasteiger partial charge is 0.185 e. The Hall–Kier alpha value is -1.01. The molecule has 0 aliphatic carbocycles. The van der Waals surface area contributed by atoms with Crippen molar-refractivity contribution in [2.75, 3.05) is 0 Å². The van der Waals surface area contributed by atoms with Crippen LogP contribution in [-0.4, -0.2) is 16.6 Å². The second-order valence-electron chi connectivity index (χ2n) is 1.48. The molecule has 0 aromatic heterocycles. The van der Waals surface area contributed by atoms with E-state index in [1.807, 2.05) is 6.19 Å². The van der Waals surface area contributed by atoms with Gasteiger partial charge in [0.05, 0.1) is 0 Å². The molecule has 0 bridgehead atoms. The topological polar surface area (TPSA) is 39.4 Å². The van der Waals surface area contributed by atoms with Crippen molar-refractivity contribution in [3.05, 3.63) is 12.4 Å². The second kappa shape index (κ2) is 2.51. The van der Waals surface area contributed by atoms with E-state index in [1.54, 1.807) is 0 Å². The molecule has 9 heavy (non-hydrogen) atoms. The monoisotopic (exact) mass is 141 g/mol. The summed E-state index contributed by atoms with van der Waals surface area (Å²) >= 11 is 5.59. The Morgan fingerprint density at radius 2 is 2.56 bits per heavy atom. The van der Waals surface area contributed by atoms with Gasteiger partial charge in [-0.25, -0.2) is 0 Å². The standard InChI is InChI=1S/C5H4ClN3/c6-5-3-8-1-2-9(5)4-7/h1-3,5H. The van der Waals surface area contributed by atoms with Gasteiger partial charge in [0.25, 0.3) is 0 Å². The molecule has 0 aromatic carbocycles. The Bertz CT molecular complexity index is 191. The van der Waals surface area contributed by atoms with Gasteiger partial charge in [-0.1, -0.05) is 11.6 Å². The lowest BCUT2D eigenvalue weighted by Crippen LogP contribution is -2.23. The minimum Gasteiger partial charge on any atom is -0.264 e. The zero-order valence-corrected chi connectivity index (χ0v) is 5.28. The average Bonchev–Trinajstić information content (AvgIpc) is 1.89. The van der Waals surface area contributed by atoms with Crippen LogP contribution >= 0.6 is 11.6 Å². The van der Waals surface area contributed by atoms with E-state index < -0.39 is 5.50 Å². The normalized spacial score (nSPS) is 24.0. The van der Waals surface area contributed by atoms with E-state index in [9.17, 15) is 0 Å². The summed E-state index contributed by atoms with van der Waals surface area (Å²) in [6.07, 6.45) is 6.41. The molecular weight excluding hydrogens is 138 g/mol. The number of aliphatic imine (C=N–C) groups is 1. The van der Waals surface area contributed by atoms with E-state index in [0.29, 0.717) is 0 Å². The summed E-state index contributed by atoms with van der Waals surface area (Å²) < 4.78 is 0. The van der Waals surface area contributed by atoms with E-state index in [1.165, 1.54) is 23.5 Å². The molecule has 0 saturated heterocycles. The Kier molecular flexibility index (Phi) is 1.71. The zero-order chi connectivity index (χ0) is 6.69. The van der Waals surface area contributed by atoms with Gasteiger partial charge >= 0.3 is 0 Å². The first kappa shape index (κ1) is 6.12. The van der Waals surface area contributed by atoms with Crippen molar-refractivity contribution < 1.29 is 0 Å². The molecule has 1 heterocycles. The SMILES string of the molecule is N#CN1C=CN=CC1Cl. The number of nitriles is 1. The van der Waals surface area contributed by atoms with E-state index >= 15 is 0 Å². The van der Waals surface area contributed by atoms with Crippen LogP contribution in [0.25, 0.3) is 0 Å². The van der Waals surface area contributed by atoms with E-state index in [4.69, 9.17) is 16.9 Å². The van der Waals surface area contributed by atoms with E-state index in [2.05, 4.69) is 4.99 Å². The molecule has 0 spiro atoms. The molecule has 3 nitrogen and oxygen atoms in total. The van der Waals surface area contributed by atoms with Crippen molar-refractivity contribution in [1.82, 2.24) is 4.90 Å². The van der Waals surface area contributed by atoms with Gasteiger partial charge in [-0.2, -0.15) is 5.26 Å². The van der Waals surface area contributed by atoms with Crippen LogP contribution in [-0.2, 0) is 0 Å². The molecule has 0 N–H and O–H groups in total. The summed E-state index contributed by atoms with van der Waals surface area (Å²) in [5.74, 6) is 0. The largest absolute Gasteiger partial charge is 0.264 e. The van der Waals surface area contributed by atoms with Crippen molar-refractivity contribution >= 4 is 17.8 Å². The highest BCUT2D eigenvalue weighted by atomic mass is 35.5. The maximum atomic E-state index is 8.34. The predicted molar refractivity (Wildman–Crippen MR) is 34.7 cm³/mol. The Morgan fingerprint density at radius 1 is 1.78 bits per heavy atom. The molecule has 1 aliphatic heterocycles. The Labute approximate surface area is 57.9 Å². The third-order valence-corrected chi connectivity index (χ3v) is 1.23. The fraction of sp³-hybridized carbons (Fsp3) is 0.200. The molecule has 1 rings (SSSR count). The maximum absolute atomic E-state index is 8.34. The summed E-state index contributed by atoms with van der Waals surface area (Å²) in [5, 5.41) is 8.34. The van der Waals surface area contributed by atoms with Crippen LogP contribution < -0.4 is 0 Å². The molecular formula is C5H4ClN3. The van der Waals surface area contributed by atoms with Crippen molar-refractivity contribution in [3.63, 3.8) is 0 Å². The lowest BCUT2D eigenvalue weighted by atomic mass is 10.5. The second-order valence-corrected chi connectivity index (χ2v) is 1.92. The molecule has 1 aliphatic rings. The van der Waals surface area contributed by atoms with Gasteiger partial charge in [-0.15, -0.1) is 0 Å². The number of hydrogen-bond acceptors (Lipinski definition) is 3. The summed E-state index contributed by atoms with van der Waals surface area (Å²) in [5.41, 5.74) is -0.417. The quantitative estimate of drug-likeness (QED) is 0.286. The Morgan fingerprint density at radius 3 is 3.00 bits per heavy atom. The minimum atomic E-state index is -0.417. The highest BCUT2D eigenvalue weighted by molar-refractivity contribution is 6.28. The van der Waals surface area contributed by atoms with Crippen LogP contribution in [0.15, 0.2) is 17.4 Å². The number of rotatable bonds is 0. The van der Waals surface area contributed by atoms with Crippen LogP contribution in [0.5, 0.6) is 0 Å². The molecule has 0 aromatic rings. The molecule has 1 unspecified atom stereocenters. The lowest BCUT2D eigenvalue weighted by molar-refractivity contribution is 0.561. The van der Waals surface area contributed by atoms with Crippen LogP contribution in [0.4, 0.5) is 0 Å². The summed E-state index contributed by atoms with van der Waals surface area (Å²) in [6.45, 7) is 0. The molecule has 1 atom stereocenters. The van der Waals surface area contributed by atoms with Gasteiger partial charge < -0.3 is 0 Å². The molecule has 0 amide bonds. The third kappa shape index (κ3) is 1.21. The van der Waals surface area contributed by atoms with Gasteiger partial charge in [0.2, 0.25) is 0 Å². The number of hydrogen-bond donors (Lipinski definition) is 0. The first-order chi connectivity index (χ1) is 4.34. The zero-order valence-electron chi connectivity index (χ0n) is 4.53. The average molecular weight is 142 g/mol. The van der Waals surface area contributed by atoms with Crippen LogP contribution in [0.2, 0.25) is 0 Å². The van der Waals surface area contributed by atoms with Crippen LogP contribution in [0.3, 0.4) is 0 Å². The first-order valence-electron chi connectivity index (χ1n) is 2.36.